The standard InChI is InChI=1S/C23H28ClN5O4/c1-23(2,3)15-7-14(8-16(24)10-15)18(11-20(31)32)29-19(30)12-27-21(33)13-5-4-6-17(9-13)28-22(25)26/h4-10,18H,11-12H2,1-3H3,(H,27,33)(H,29,30)(H,31,32)(H4,25,26,28)/t18-/m0/s1. The molecular formula is C23H28ClN5O4. The largest absolute Gasteiger partial charge is 0.481 e. The van der Waals surface area contributed by atoms with E-state index in [2.05, 4.69) is 15.6 Å². The Kier molecular flexibility index (Phi) is 8.42. The molecule has 0 fully saturated rings. The lowest BCUT2D eigenvalue weighted by atomic mass is 9.85. The summed E-state index contributed by atoms with van der Waals surface area (Å²) in [5.74, 6) is -2.29. The van der Waals surface area contributed by atoms with Gasteiger partial charge in [-0.1, -0.05) is 44.5 Å². The number of nitrogens with two attached hydrogens (primary N) is 2. The van der Waals surface area contributed by atoms with E-state index in [9.17, 15) is 19.5 Å². The molecule has 9 nitrogen and oxygen atoms in total. The van der Waals surface area contributed by atoms with Gasteiger partial charge in [-0.05, 0) is 46.9 Å². The second-order valence-electron chi connectivity index (χ2n) is 8.51. The first kappa shape index (κ1) is 25.7. The lowest BCUT2D eigenvalue weighted by Gasteiger charge is -2.23. The molecule has 10 heteroatoms. The van der Waals surface area contributed by atoms with E-state index < -0.39 is 23.8 Å². The number of nitrogens with one attached hydrogen (secondary N) is 2. The van der Waals surface area contributed by atoms with E-state index in [1.54, 1.807) is 30.3 Å². The maximum Gasteiger partial charge on any atom is 0.305 e. The van der Waals surface area contributed by atoms with Crippen LogP contribution in [0, 0.1) is 0 Å². The van der Waals surface area contributed by atoms with Crippen LogP contribution in [0.1, 0.15) is 54.7 Å². The summed E-state index contributed by atoms with van der Waals surface area (Å²) in [4.78, 5) is 40.2. The zero-order valence-electron chi connectivity index (χ0n) is 18.7. The fraction of sp³-hybridized carbons (Fsp3) is 0.304. The van der Waals surface area contributed by atoms with E-state index in [4.69, 9.17) is 23.1 Å². The molecule has 1 atom stereocenters. The predicted molar refractivity (Wildman–Crippen MR) is 128 cm³/mol. The summed E-state index contributed by atoms with van der Waals surface area (Å²) in [7, 11) is 0. The minimum absolute atomic E-state index is 0.146. The molecule has 0 aliphatic carbocycles. The summed E-state index contributed by atoms with van der Waals surface area (Å²) in [5.41, 5.74) is 12.6. The van der Waals surface area contributed by atoms with Crippen molar-refractivity contribution < 1.29 is 19.5 Å². The van der Waals surface area contributed by atoms with E-state index in [1.807, 2.05) is 26.8 Å². The van der Waals surface area contributed by atoms with Crippen molar-refractivity contribution >= 4 is 41.0 Å². The van der Waals surface area contributed by atoms with E-state index in [-0.39, 0.29) is 29.9 Å². The van der Waals surface area contributed by atoms with Gasteiger partial charge in [0.2, 0.25) is 5.91 Å². The normalized spacial score (nSPS) is 11.9. The Bertz CT molecular complexity index is 1070. The lowest BCUT2D eigenvalue weighted by Crippen LogP contribution is -2.39. The summed E-state index contributed by atoms with van der Waals surface area (Å²) >= 11 is 6.25. The number of carboxylic acids is 1. The number of carbonyl (C=O) groups excluding carboxylic acids is 2. The number of carboxylic acid groups (broad SMARTS) is 1. The third-order valence-corrected chi connectivity index (χ3v) is 4.90. The Morgan fingerprint density at radius 1 is 1.12 bits per heavy atom. The summed E-state index contributed by atoms with van der Waals surface area (Å²) in [6.07, 6.45) is -0.343. The van der Waals surface area contributed by atoms with Crippen LogP contribution in [0.2, 0.25) is 5.02 Å². The van der Waals surface area contributed by atoms with E-state index in [1.165, 1.54) is 6.07 Å². The highest BCUT2D eigenvalue weighted by atomic mass is 35.5. The molecule has 33 heavy (non-hydrogen) atoms. The first-order valence-corrected chi connectivity index (χ1v) is 10.5. The van der Waals surface area contributed by atoms with Gasteiger partial charge in [-0.25, -0.2) is 4.99 Å². The maximum atomic E-state index is 12.5. The number of carbonyl (C=O) groups is 3. The van der Waals surface area contributed by atoms with Crippen molar-refractivity contribution in [3.05, 3.63) is 64.2 Å². The molecule has 0 unspecified atom stereocenters. The molecule has 2 aromatic carbocycles. The van der Waals surface area contributed by atoms with Gasteiger partial charge in [0.15, 0.2) is 5.96 Å². The smallest absolute Gasteiger partial charge is 0.305 e. The number of guanidine groups is 1. The minimum Gasteiger partial charge on any atom is -0.481 e. The number of aliphatic carboxylic acids is 1. The molecular weight excluding hydrogens is 446 g/mol. The second-order valence-corrected chi connectivity index (χ2v) is 8.95. The Hall–Kier alpha value is -3.59. The summed E-state index contributed by atoms with van der Waals surface area (Å²) in [6, 6.07) is 10.7. The van der Waals surface area contributed by atoms with Crippen LogP contribution >= 0.6 is 11.6 Å². The molecule has 7 N–H and O–H groups in total. The molecule has 0 saturated heterocycles. The number of benzene rings is 2. The first-order valence-electron chi connectivity index (χ1n) is 10.1. The number of hydrogen-bond acceptors (Lipinski definition) is 4. The predicted octanol–water partition coefficient (Wildman–Crippen LogP) is 2.60. The van der Waals surface area contributed by atoms with E-state index in [0.717, 1.165) is 5.56 Å². The highest BCUT2D eigenvalue weighted by Gasteiger charge is 2.22. The van der Waals surface area contributed by atoms with Gasteiger partial charge in [-0.2, -0.15) is 0 Å². The molecule has 0 heterocycles. The summed E-state index contributed by atoms with van der Waals surface area (Å²) in [5, 5.41) is 14.9. The number of nitrogens with zero attached hydrogens (tertiary/aromatic N) is 1. The Balaban J connectivity index is 2.12. The van der Waals surface area contributed by atoms with Crippen LogP contribution in [0.5, 0.6) is 0 Å². The SMILES string of the molecule is CC(C)(C)c1cc(Cl)cc([C@H](CC(=O)O)NC(=O)CNC(=O)c2cccc(N=C(N)N)c2)c1. The van der Waals surface area contributed by atoms with Crippen molar-refractivity contribution in [1.29, 1.82) is 0 Å². The second kappa shape index (κ2) is 10.8. The van der Waals surface area contributed by atoms with Crippen molar-refractivity contribution in [3.63, 3.8) is 0 Å². The molecule has 0 bridgehead atoms. The monoisotopic (exact) mass is 473 g/mol. The van der Waals surface area contributed by atoms with Crippen molar-refractivity contribution in [2.75, 3.05) is 6.54 Å². The topological polar surface area (TPSA) is 160 Å². The number of amides is 2. The molecule has 176 valence electrons. The molecule has 0 spiro atoms. The summed E-state index contributed by atoms with van der Waals surface area (Å²) in [6.45, 7) is 5.66. The Morgan fingerprint density at radius 3 is 2.42 bits per heavy atom. The highest BCUT2D eigenvalue weighted by molar-refractivity contribution is 6.30. The van der Waals surface area contributed by atoms with Crippen molar-refractivity contribution in [1.82, 2.24) is 10.6 Å². The van der Waals surface area contributed by atoms with Crippen LogP contribution in [-0.4, -0.2) is 35.4 Å². The lowest BCUT2D eigenvalue weighted by molar-refractivity contribution is -0.137. The van der Waals surface area contributed by atoms with Gasteiger partial charge in [-0.3, -0.25) is 14.4 Å². The number of hydrogen-bond donors (Lipinski definition) is 5. The van der Waals surface area contributed by atoms with Crippen LogP contribution in [-0.2, 0) is 15.0 Å². The van der Waals surface area contributed by atoms with E-state index >= 15 is 0 Å². The average molecular weight is 474 g/mol. The molecule has 2 aromatic rings. The molecule has 2 rings (SSSR count). The third kappa shape index (κ3) is 8.12. The fourth-order valence-corrected chi connectivity index (χ4v) is 3.29. The van der Waals surface area contributed by atoms with Gasteiger partial charge in [0.25, 0.3) is 5.91 Å². The van der Waals surface area contributed by atoms with Crippen LogP contribution in [0.25, 0.3) is 0 Å². The van der Waals surface area contributed by atoms with Gasteiger partial charge in [0, 0.05) is 10.6 Å². The van der Waals surface area contributed by atoms with Gasteiger partial charge in [0.05, 0.1) is 24.7 Å². The average Bonchev–Trinajstić information content (AvgIpc) is 2.69. The van der Waals surface area contributed by atoms with Crippen LogP contribution in [0.4, 0.5) is 5.69 Å². The molecule has 0 aliphatic rings. The minimum atomic E-state index is -1.09. The van der Waals surface area contributed by atoms with Crippen molar-refractivity contribution in [2.45, 2.75) is 38.6 Å². The molecule has 0 saturated carbocycles. The van der Waals surface area contributed by atoms with Crippen molar-refractivity contribution in [2.24, 2.45) is 16.5 Å². The van der Waals surface area contributed by atoms with Gasteiger partial charge in [0.1, 0.15) is 0 Å². The highest BCUT2D eigenvalue weighted by Crippen LogP contribution is 2.30. The van der Waals surface area contributed by atoms with Crippen LogP contribution < -0.4 is 22.1 Å². The first-order chi connectivity index (χ1) is 15.3. The Labute approximate surface area is 197 Å². The molecule has 0 aliphatic heterocycles. The molecule has 2 amide bonds. The fourth-order valence-electron chi connectivity index (χ4n) is 3.05. The number of halogens is 1. The third-order valence-electron chi connectivity index (χ3n) is 4.68. The van der Waals surface area contributed by atoms with Gasteiger partial charge < -0.3 is 27.2 Å². The Morgan fingerprint density at radius 2 is 1.82 bits per heavy atom. The summed E-state index contributed by atoms with van der Waals surface area (Å²) < 4.78 is 0. The van der Waals surface area contributed by atoms with Crippen LogP contribution in [0.3, 0.4) is 0 Å². The zero-order chi connectivity index (χ0) is 24.8. The molecule has 0 aromatic heterocycles. The quantitative estimate of drug-likeness (QED) is 0.292. The molecule has 0 radical (unpaired) electrons. The van der Waals surface area contributed by atoms with E-state index in [0.29, 0.717) is 16.3 Å². The van der Waals surface area contributed by atoms with Crippen molar-refractivity contribution in [3.8, 4) is 0 Å². The van der Waals surface area contributed by atoms with Crippen LogP contribution in [0.15, 0.2) is 47.5 Å². The zero-order valence-corrected chi connectivity index (χ0v) is 19.4. The number of rotatable bonds is 8. The maximum absolute atomic E-state index is 12.5. The number of aliphatic imine (C=N–C) groups is 1. The van der Waals surface area contributed by atoms with Gasteiger partial charge in [-0.15, -0.1) is 0 Å². The van der Waals surface area contributed by atoms with Gasteiger partial charge >= 0.3 is 5.97 Å².